The first-order chi connectivity index (χ1) is 7.13. The third-order valence-corrected chi connectivity index (χ3v) is 3.23. The van der Waals surface area contributed by atoms with E-state index in [1.807, 2.05) is 12.1 Å². The maximum Gasteiger partial charge on any atom is 0.123 e. The largest absolute Gasteiger partial charge is 0.207 e. The van der Waals surface area contributed by atoms with Crippen LogP contribution in [0.15, 0.2) is 24.3 Å². The third kappa shape index (κ3) is 4.03. The predicted molar refractivity (Wildman–Crippen MR) is 63.5 cm³/mol. The van der Waals surface area contributed by atoms with Crippen LogP contribution in [0.25, 0.3) is 0 Å². The van der Waals surface area contributed by atoms with E-state index >= 15 is 0 Å². The molecular weight excluding hydrogens is 187 g/mol. The zero-order valence-electron chi connectivity index (χ0n) is 9.96. The van der Waals surface area contributed by atoms with E-state index in [1.165, 1.54) is 24.8 Å². The molecule has 1 unspecified atom stereocenters. The van der Waals surface area contributed by atoms with Crippen LogP contribution >= 0.6 is 0 Å². The smallest absolute Gasteiger partial charge is 0.123 e. The molecule has 1 rings (SSSR count). The van der Waals surface area contributed by atoms with Gasteiger partial charge >= 0.3 is 0 Å². The minimum absolute atomic E-state index is 0.145. The lowest BCUT2D eigenvalue weighted by molar-refractivity contribution is 0.470. The van der Waals surface area contributed by atoms with Crippen molar-refractivity contribution in [2.75, 3.05) is 0 Å². The Bertz CT molecular complexity index is 276. The Kier molecular flexibility index (Phi) is 4.80. The minimum atomic E-state index is -0.145. The van der Waals surface area contributed by atoms with Crippen LogP contribution in [0.2, 0.25) is 0 Å². The van der Waals surface area contributed by atoms with Crippen molar-refractivity contribution in [2.24, 2.45) is 5.92 Å². The van der Waals surface area contributed by atoms with Gasteiger partial charge in [0.1, 0.15) is 5.82 Å². The monoisotopic (exact) mass is 208 g/mol. The first-order valence-electron chi connectivity index (χ1n) is 5.89. The van der Waals surface area contributed by atoms with E-state index in [2.05, 4.69) is 20.8 Å². The highest BCUT2D eigenvalue weighted by atomic mass is 19.1. The summed E-state index contributed by atoms with van der Waals surface area (Å²) in [7, 11) is 0. The van der Waals surface area contributed by atoms with Crippen molar-refractivity contribution in [3.8, 4) is 0 Å². The Morgan fingerprint density at radius 3 is 2.20 bits per heavy atom. The molecule has 0 amide bonds. The molecule has 2 atom stereocenters. The summed E-state index contributed by atoms with van der Waals surface area (Å²) >= 11 is 0. The molecule has 0 aliphatic rings. The predicted octanol–water partition coefficient (Wildman–Crippen LogP) is 4.76. The Hall–Kier alpha value is -0.850. The Morgan fingerprint density at radius 2 is 1.67 bits per heavy atom. The van der Waals surface area contributed by atoms with Crippen molar-refractivity contribution in [1.29, 1.82) is 0 Å². The molecule has 0 fully saturated rings. The lowest BCUT2D eigenvalue weighted by Crippen LogP contribution is -1.98. The molecule has 0 saturated heterocycles. The van der Waals surface area contributed by atoms with Gasteiger partial charge in [-0.05, 0) is 36.0 Å². The Morgan fingerprint density at radius 1 is 1.07 bits per heavy atom. The summed E-state index contributed by atoms with van der Waals surface area (Å²) in [5.41, 5.74) is 1.25. The molecule has 0 N–H and O–H groups in total. The molecule has 0 bridgehead atoms. The molecule has 0 aliphatic heterocycles. The summed E-state index contributed by atoms with van der Waals surface area (Å²) in [5, 5.41) is 0. The molecule has 1 heteroatoms. The van der Waals surface area contributed by atoms with Crippen LogP contribution in [0, 0.1) is 11.7 Å². The highest BCUT2D eigenvalue weighted by Crippen LogP contribution is 2.23. The van der Waals surface area contributed by atoms with Gasteiger partial charge in [0, 0.05) is 0 Å². The second-order valence-corrected chi connectivity index (χ2v) is 4.54. The van der Waals surface area contributed by atoms with Crippen LogP contribution < -0.4 is 0 Å². The molecule has 1 aromatic carbocycles. The average Bonchev–Trinajstić information content (AvgIpc) is 2.26. The van der Waals surface area contributed by atoms with Gasteiger partial charge in [-0.3, -0.25) is 0 Å². The fraction of sp³-hybridized carbons (Fsp3) is 0.571. The Labute approximate surface area is 92.5 Å². The fourth-order valence-electron chi connectivity index (χ4n) is 1.70. The molecule has 1 aromatic rings. The molecule has 0 spiro atoms. The van der Waals surface area contributed by atoms with Gasteiger partial charge in [-0.1, -0.05) is 45.7 Å². The summed E-state index contributed by atoms with van der Waals surface area (Å²) in [4.78, 5) is 0. The SMILES string of the molecule is CCC(C)CC[C@@H](C)c1ccc(F)cc1. The van der Waals surface area contributed by atoms with Crippen LogP contribution in [-0.4, -0.2) is 0 Å². The molecule has 0 aromatic heterocycles. The van der Waals surface area contributed by atoms with Crippen molar-refractivity contribution < 1.29 is 4.39 Å². The Balaban J connectivity index is 2.46. The standard InChI is InChI=1S/C14H21F/c1-4-11(2)5-6-12(3)13-7-9-14(15)10-8-13/h7-12H,4-6H2,1-3H3/t11?,12-/m1/s1. The molecule has 84 valence electrons. The summed E-state index contributed by atoms with van der Waals surface area (Å²) in [6.07, 6.45) is 3.70. The van der Waals surface area contributed by atoms with E-state index in [4.69, 9.17) is 0 Å². The molecule has 0 saturated carbocycles. The first kappa shape index (κ1) is 12.2. The molecule has 0 heterocycles. The van der Waals surface area contributed by atoms with E-state index < -0.39 is 0 Å². The number of hydrogen-bond donors (Lipinski definition) is 0. The second kappa shape index (κ2) is 5.89. The molecule has 0 nitrogen and oxygen atoms in total. The number of rotatable bonds is 5. The van der Waals surface area contributed by atoms with Gasteiger partial charge in [0.05, 0.1) is 0 Å². The lowest BCUT2D eigenvalue weighted by Gasteiger charge is -2.14. The quantitative estimate of drug-likeness (QED) is 0.654. The van der Waals surface area contributed by atoms with Crippen molar-refractivity contribution in [3.63, 3.8) is 0 Å². The zero-order chi connectivity index (χ0) is 11.3. The van der Waals surface area contributed by atoms with Crippen molar-refractivity contribution in [1.82, 2.24) is 0 Å². The van der Waals surface area contributed by atoms with Gasteiger partial charge in [-0.15, -0.1) is 0 Å². The highest BCUT2D eigenvalue weighted by Gasteiger charge is 2.07. The van der Waals surface area contributed by atoms with Gasteiger partial charge in [-0.25, -0.2) is 4.39 Å². The van der Waals surface area contributed by atoms with Crippen LogP contribution in [0.3, 0.4) is 0 Å². The molecule has 0 radical (unpaired) electrons. The maximum atomic E-state index is 12.7. The molecule has 0 aliphatic carbocycles. The van der Waals surface area contributed by atoms with Crippen LogP contribution in [-0.2, 0) is 0 Å². The summed E-state index contributed by atoms with van der Waals surface area (Å²) in [6.45, 7) is 6.74. The number of halogens is 1. The van der Waals surface area contributed by atoms with Gasteiger partial charge < -0.3 is 0 Å². The van der Waals surface area contributed by atoms with E-state index in [0.717, 1.165) is 5.92 Å². The normalized spacial score (nSPS) is 14.9. The van der Waals surface area contributed by atoms with E-state index in [1.54, 1.807) is 12.1 Å². The van der Waals surface area contributed by atoms with Crippen LogP contribution in [0.5, 0.6) is 0 Å². The summed E-state index contributed by atoms with van der Waals surface area (Å²) < 4.78 is 12.7. The van der Waals surface area contributed by atoms with Gasteiger partial charge in [0.15, 0.2) is 0 Å². The lowest BCUT2D eigenvalue weighted by atomic mass is 9.91. The van der Waals surface area contributed by atoms with Crippen LogP contribution in [0.4, 0.5) is 4.39 Å². The molecular formula is C14H21F. The summed E-state index contributed by atoms with van der Waals surface area (Å²) in [5.74, 6) is 1.19. The van der Waals surface area contributed by atoms with E-state index in [-0.39, 0.29) is 5.82 Å². The van der Waals surface area contributed by atoms with Gasteiger partial charge in [-0.2, -0.15) is 0 Å². The van der Waals surface area contributed by atoms with Gasteiger partial charge in [0.2, 0.25) is 0 Å². The highest BCUT2D eigenvalue weighted by molar-refractivity contribution is 5.19. The molecule has 15 heavy (non-hydrogen) atoms. The number of benzene rings is 1. The van der Waals surface area contributed by atoms with Crippen molar-refractivity contribution >= 4 is 0 Å². The fourth-order valence-corrected chi connectivity index (χ4v) is 1.70. The first-order valence-corrected chi connectivity index (χ1v) is 5.89. The summed E-state index contributed by atoms with van der Waals surface area (Å²) in [6, 6.07) is 6.90. The second-order valence-electron chi connectivity index (χ2n) is 4.54. The van der Waals surface area contributed by atoms with Crippen molar-refractivity contribution in [2.45, 2.75) is 46.0 Å². The average molecular weight is 208 g/mol. The third-order valence-electron chi connectivity index (χ3n) is 3.23. The topological polar surface area (TPSA) is 0 Å². The van der Waals surface area contributed by atoms with E-state index in [0.29, 0.717) is 5.92 Å². The zero-order valence-corrected chi connectivity index (χ0v) is 9.96. The van der Waals surface area contributed by atoms with Gasteiger partial charge in [0.25, 0.3) is 0 Å². The van der Waals surface area contributed by atoms with Crippen LogP contribution in [0.1, 0.15) is 51.5 Å². The van der Waals surface area contributed by atoms with E-state index in [9.17, 15) is 4.39 Å². The minimum Gasteiger partial charge on any atom is -0.207 e. The number of hydrogen-bond acceptors (Lipinski definition) is 0. The van der Waals surface area contributed by atoms with Crippen molar-refractivity contribution in [3.05, 3.63) is 35.6 Å². The maximum absolute atomic E-state index is 12.7.